The molecule has 0 heterocycles. The number of carbonyl (C=O) groups is 2. The Morgan fingerprint density at radius 3 is 2.06 bits per heavy atom. The highest BCUT2D eigenvalue weighted by Gasteiger charge is 2.31. The Bertz CT molecular complexity index is 1110. The van der Waals surface area contributed by atoms with Crippen LogP contribution in [0.5, 0.6) is 0 Å². The fraction of sp³-hybridized carbons (Fsp3) is 0.364. The van der Waals surface area contributed by atoms with Gasteiger partial charge in [-0.25, -0.2) is 8.42 Å². The first-order valence-electron chi connectivity index (χ1n) is 10.1. The Morgan fingerprint density at radius 2 is 1.55 bits per heavy atom. The van der Waals surface area contributed by atoms with Gasteiger partial charge in [0.2, 0.25) is 21.8 Å². The molecule has 11 heteroatoms. The summed E-state index contributed by atoms with van der Waals surface area (Å²) < 4.78 is 26.0. The Balaban J connectivity index is 2.41. The Kier molecular flexibility index (Phi) is 9.43. The van der Waals surface area contributed by atoms with Gasteiger partial charge in [-0.1, -0.05) is 46.9 Å². The molecule has 0 fully saturated rings. The molecule has 1 N–H and O–H groups in total. The third-order valence-corrected chi connectivity index (χ3v) is 6.64. The molecule has 0 aliphatic rings. The van der Waals surface area contributed by atoms with Gasteiger partial charge < -0.3 is 10.2 Å². The minimum atomic E-state index is -3.89. The van der Waals surface area contributed by atoms with E-state index in [2.05, 4.69) is 5.32 Å². The van der Waals surface area contributed by atoms with Crippen LogP contribution in [0.4, 0.5) is 5.69 Å². The summed E-state index contributed by atoms with van der Waals surface area (Å²) in [5.41, 5.74) is 0.843. The zero-order valence-corrected chi connectivity index (χ0v) is 21.8. The van der Waals surface area contributed by atoms with Gasteiger partial charge in [-0.15, -0.1) is 0 Å². The summed E-state index contributed by atoms with van der Waals surface area (Å²) in [5.74, 6) is -0.935. The molecule has 2 amide bonds. The molecule has 0 unspecified atom stereocenters. The van der Waals surface area contributed by atoms with Crippen LogP contribution in [-0.2, 0) is 26.2 Å². The van der Waals surface area contributed by atoms with Gasteiger partial charge in [0.1, 0.15) is 12.6 Å². The van der Waals surface area contributed by atoms with Gasteiger partial charge in [0.15, 0.2) is 0 Å². The number of benzene rings is 2. The first kappa shape index (κ1) is 27.2. The predicted octanol–water partition coefficient (Wildman–Crippen LogP) is 4.35. The van der Waals surface area contributed by atoms with Gasteiger partial charge in [0.25, 0.3) is 0 Å². The molecule has 0 aromatic heterocycles. The third kappa shape index (κ3) is 7.78. The molecule has 180 valence electrons. The Labute approximate surface area is 209 Å². The molecule has 2 aromatic rings. The minimum Gasteiger partial charge on any atom is -0.352 e. The molecular weight excluding hydrogens is 509 g/mol. The second kappa shape index (κ2) is 11.4. The summed E-state index contributed by atoms with van der Waals surface area (Å²) in [5, 5.41) is 3.72. The summed E-state index contributed by atoms with van der Waals surface area (Å²) in [4.78, 5) is 27.4. The monoisotopic (exact) mass is 533 g/mol. The number of nitrogens with one attached hydrogen (secondary N) is 1. The van der Waals surface area contributed by atoms with Gasteiger partial charge >= 0.3 is 0 Å². The highest BCUT2D eigenvalue weighted by molar-refractivity contribution is 7.92. The van der Waals surface area contributed by atoms with Crippen molar-refractivity contribution in [3.05, 3.63) is 63.1 Å². The van der Waals surface area contributed by atoms with Crippen molar-refractivity contribution in [3.8, 4) is 0 Å². The van der Waals surface area contributed by atoms with Crippen LogP contribution in [0.25, 0.3) is 0 Å². The van der Waals surface area contributed by atoms with Gasteiger partial charge in [0.05, 0.1) is 17.0 Å². The molecule has 2 rings (SSSR count). The quantitative estimate of drug-likeness (QED) is 0.518. The molecule has 0 aliphatic carbocycles. The van der Waals surface area contributed by atoms with Crippen LogP contribution in [0.3, 0.4) is 0 Å². The molecule has 0 saturated carbocycles. The van der Waals surface area contributed by atoms with E-state index >= 15 is 0 Å². The van der Waals surface area contributed by atoms with Crippen molar-refractivity contribution in [3.63, 3.8) is 0 Å². The molecule has 0 radical (unpaired) electrons. The van der Waals surface area contributed by atoms with Gasteiger partial charge in [-0.2, -0.15) is 0 Å². The van der Waals surface area contributed by atoms with Crippen LogP contribution in [-0.4, -0.2) is 50.0 Å². The van der Waals surface area contributed by atoms with Crippen LogP contribution in [0.1, 0.15) is 26.3 Å². The highest BCUT2D eigenvalue weighted by Crippen LogP contribution is 2.30. The number of sulfonamides is 1. The lowest BCUT2D eigenvalue weighted by molar-refractivity contribution is -0.139. The molecule has 7 nitrogen and oxygen atoms in total. The molecule has 0 bridgehead atoms. The van der Waals surface area contributed by atoms with Crippen molar-refractivity contribution in [1.82, 2.24) is 10.2 Å². The lowest BCUT2D eigenvalue weighted by Gasteiger charge is -2.32. The van der Waals surface area contributed by atoms with Crippen molar-refractivity contribution in [2.45, 2.75) is 39.4 Å². The first-order chi connectivity index (χ1) is 15.3. The number of anilines is 1. The number of rotatable bonds is 9. The second-order valence-corrected chi connectivity index (χ2v) is 11.0. The molecule has 33 heavy (non-hydrogen) atoms. The highest BCUT2D eigenvalue weighted by atomic mass is 35.5. The minimum absolute atomic E-state index is 0.0780. The fourth-order valence-corrected chi connectivity index (χ4v) is 4.60. The molecule has 0 spiro atoms. The van der Waals surface area contributed by atoms with Crippen LogP contribution < -0.4 is 9.62 Å². The number of hydrogen-bond acceptors (Lipinski definition) is 4. The van der Waals surface area contributed by atoms with Crippen molar-refractivity contribution in [2.24, 2.45) is 0 Å². The smallest absolute Gasteiger partial charge is 0.244 e. The largest absolute Gasteiger partial charge is 0.352 e. The molecule has 1 atom stereocenters. The lowest BCUT2D eigenvalue weighted by Crippen LogP contribution is -2.52. The fourth-order valence-electron chi connectivity index (χ4n) is 3.05. The first-order valence-corrected chi connectivity index (χ1v) is 13.0. The van der Waals surface area contributed by atoms with E-state index in [4.69, 9.17) is 34.8 Å². The van der Waals surface area contributed by atoms with E-state index in [0.29, 0.717) is 10.0 Å². The van der Waals surface area contributed by atoms with Gasteiger partial charge in [-0.05, 0) is 56.7 Å². The number of halogens is 3. The number of amides is 2. The van der Waals surface area contributed by atoms with Crippen molar-refractivity contribution >= 4 is 62.3 Å². The summed E-state index contributed by atoms with van der Waals surface area (Å²) in [7, 11) is -3.89. The topological polar surface area (TPSA) is 86.8 Å². The average molecular weight is 535 g/mol. The summed E-state index contributed by atoms with van der Waals surface area (Å²) in [6.45, 7) is 4.74. The Morgan fingerprint density at radius 1 is 0.970 bits per heavy atom. The molecule has 0 saturated heterocycles. The van der Waals surface area contributed by atoms with E-state index in [9.17, 15) is 18.0 Å². The number of nitrogens with zero attached hydrogens (tertiary/aromatic N) is 2. The SMILES string of the molecule is CC(C)NC(=O)[C@H](C)N(Cc1ccc(Cl)cc1)C(=O)CN(c1ccc(Cl)cc1Cl)S(C)(=O)=O. The zero-order valence-electron chi connectivity index (χ0n) is 18.7. The third-order valence-electron chi connectivity index (χ3n) is 4.72. The van der Waals surface area contributed by atoms with E-state index in [1.807, 2.05) is 13.8 Å². The summed E-state index contributed by atoms with van der Waals surface area (Å²) in [6, 6.07) is 10.1. The van der Waals surface area contributed by atoms with Crippen LogP contribution in [0, 0.1) is 0 Å². The number of carbonyl (C=O) groups excluding carboxylic acids is 2. The molecule has 2 aromatic carbocycles. The lowest BCUT2D eigenvalue weighted by atomic mass is 10.1. The zero-order chi connectivity index (χ0) is 24.9. The Hall–Kier alpha value is -2.00. The maximum absolute atomic E-state index is 13.4. The van der Waals surface area contributed by atoms with Gasteiger partial charge in [-0.3, -0.25) is 13.9 Å². The summed E-state index contributed by atoms with van der Waals surface area (Å²) in [6.07, 6.45) is 0.976. The molecular formula is C22H26Cl3N3O4S. The maximum atomic E-state index is 13.4. The maximum Gasteiger partial charge on any atom is 0.244 e. The van der Waals surface area contributed by atoms with E-state index in [0.717, 1.165) is 16.1 Å². The van der Waals surface area contributed by atoms with Crippen molar-refractivity contribution in [2.75, 3.05) is 17.1 Å². The van der Waals surface area contributed by atoms with Crippen molar-refractivity contribution in [1.29, 1.82) is 0 Å². The normalized spacial score (nSPS) is 12.4. The summed E-state index contributed by atoms with van der Waals surface area (Å²) >= 11 is 18.1. The standard InChI is InChI=1S/C22H26Cl3N3O4S/c1-14(2)26-22(30)15(3)27(12-16-5-7-17(23)8-6-16)21(29)13-28(33(4,31)32)20-10-9-18(24)11-19(20)25/h5-11,14-15H,12-13H2,1-4H3,(H,26,30)/t15-/m0/s1. The molecule has 0 aliphatic heterocycles. The predicted molar refractivity (Wildman–Crippen MR) is 133 cm³/mol. The van der Waals surface area contributed by atoms with Gasteiger partial charge in [0, 0.05) is 22.6 Å². The van der Waals surface area contributed by atoms with Crippen LogP contribution in [0.15, 0.2) is 42.5 Å². The van der Waals surface area contributed by atoms with Crippen LogP contribution in [0.2, 0.25) is 15.1 Å². The van der Waals surface area contributed by atoms with E-state index in [-0.39, 0.29) is 29.2 Å². The second-order valence-electron chi connectivity index (χ2n) is 7.85. The van der Waals surface area contributed by atoms with Crippen LogP contribution >= 0.6 is 34.8 Å². The van der Waals surface area contributed by atoms with E-state index < -0.39 is 28.5 Å². The van der Waals surface area contributed by atoms with Crippen molar-refractivity contribution < 1.29 is 18.0 Å². The number of hydrogen-bond donors (Lipinski definition) is 1. The van der Waals surface area contributed by atoms with E-state index in [1.165, 1.54) is 23.1 Å². The van der Waals surface area contributed by atoms with E-state index in [1.54, 1.807) is 31.2 Å². The average Bonchev–Trinajstić information content (AvgIpc) is 2.70.